The molecule has 0 amide bonds. The van der Waals surface area contributed by atoms with Crippen LogP contribution >= 0.6 is 24.8 Å². The highest BCUT2D eigenvalue weighted by atomic mass is 35.5. The highest BCUT2D eigenvalue weighted by Gasteiger charge is 2.37. The van der Waals surface area contributed by atoms with Gasteiger partial charge in [-0.05, 0) is 45.2 Å². The van der Waals surface area contributed by atoms with E-state index in [0.29, 0.717) is 0 Å². The molecule has 0 aromatic rings. The molecule has 2 heterocycles. The molecule has 0 aliphatic carbocycles. The largest absolute Gasteiger partial charge is 0.330 e. The Balaban J connectivity index is 0.000000720. The van der Waals surface area contributed by atoms with Gasteiger partial charge >= 0.3 is 0 Å². The lowest BCUT2D eigenvalue weighted by Gasteiger charge is -2.35. The SMILES string of the molecule is CN1C2CCC1CC(CN)C2.Cl.Cl. The maximum Gasteiger partial charge on any atom is 0.00988 e. The van der Waals surface area contributed by atoms with E-state index in [1.165, 1.54) is 25.7 Å². The zero-order valence-corrected chi connectivity index (χ0v) is 9.74. The Morgan fingerprint density at radius 2 is 1.62 bits per heavy atom. The maximum atomic E-state index is 5.68. The van der Waals surface area contributed by atoms with Gasteiger partial charge in [-0.15, -0.1) is 24.8 Å². The average Bonchev–Trinajstić information content (AvgIpc) is 2.26. The number of nitrogens with two attached hydrogens (primary N) is 1. The van der Waals surface area contributed by atoms with Gasteiger partial charge in [0.1, 0.15) is 0 Å². The van der Waals surface area contributed by atoms with Crippen LogP contribution in [0.15, 0.2) is 0 Å². The predicted molar refractivity (Wildman–Crippen MR) is 60.8 cm³/mol. The minimum atomic E-state index is 0. The molecule has 2 bridgehead atoms. The summed E-state index contributed by atoms with van der Waals surface area (Å²) in [6.07, 6.45) is 5.53. The number of fused-ring (bicyclic) bond motifs is 2. The van der Waals surface area contributed by atoms with Gasteiger partial charge in [-0.25, -0.2) is 0 Å². The standard InChI is InChI=1S/C9H18N2.2ClH/c1-11-8-2-3-9(11)5-7(4-8)6-10;;/h7-9H,2-6,10H2,1H3;2*1H. The molecule has 2 aliphatic heterocycles. The molecule has 2 aliphatic rings. The summed E-state index contributed by atoms with van der Waals surface area (Å²) in [7, 11) is 2.27. The first kappa shape index (κ1) is 13.5. The van der Waals surface area contributed by atoms with Crippen molar-refractivity contribution in [3.63, 3.8) is 0 Å². The van der Waals surface area contributed by atoms with Gasteiger partial charge in [0.25, 0.3) is 0 Å². The molecule has 2 fully saturated rings. The van der Waals surface area contributed by atoms with E-state index in [1.807, 2.05) is 0 Å². The quantitative estimate of drug-likeness (QED) is 0.738. The number of halogens is 2. The van der Waals surface area contributed by atoms with Gasteiger partial charge in [0.05, 0.1) is 0 Å². The topological polar surface area (TPSA) is 29.3 Å². The molecular formula is C9H20Cl2N2. The molecule has 2 nitrogen and oxygen atoms in total. The fraction of sp³-hybridized carbons (Fsp3) is 1.00. The van der Waals surface area contributed by atoms with Crippen LogP contribution in [0.1, 0.15) is 25.7 Å². The summed E-state index contributed by atoms with van der Waals surface area (Å²) >= 11 is 0. The Bertz CT molecular complexity index is 141. The van der Waals surface area contributed by atoms with E-state index < -0.39 is 0 Å². The van der Waals surface area contributed by atoms with Crippen molar-refractivity contribution in [2.75, 3.05) is 13.6 Å². The number of piperidine rings is 1. The van der Waals surface area contributed by atoms with E-state index in [2.05, 4.69) is 11.9 Å². The second-order valence-electron chi connectivity index (χ2n) is 4.12. The van der Waals surface area contributed by atoms with E-state index in [9.17, 15) is 0 Å². The van der Waals surface area contributed by atoms with Crippen molar-refractivity contribution in [3.05, 3.63) is 0 Å². The van der Waals surface area contributed by atoms with E-state index >= 15 is 0 Å². The molecule has 2 atom stereocenters. The summed E-state index contributed by atoms with van der Waals surface area (Å²) < 4.78 is 0. The highest BCUT2D eigenvalue weighted by molar-refractivity contribution is 5.85. The Kier molecular flexibility index (Phi) is 5.61. The van der Waals surface area contributed by atoms with Crippen LogP contribution < -0.4 is 5.73 Å². The van der Waals surface area contributed by atoms with Gasteiger partial charge in [-0.2, -0.15) is 0 Å². The number of hydrogen-bond donors (Lipinski definition) is 1. The molecule has 0 radical (unpaired) electrons. The summed E-state index contributed by atoms with van der Waals surface area (Å²) in [6, 6.07) is 1.73. The normalized spacial score (nSPS) is 37.8. The molecule has 0 aromatic carbocycles. The van der Waals surface area contributed by atoms with Crippen LogP contribution in [0.25, 0.3) is 0 Å². The second-order valence-corrected chi connectivity index (χ2v) is 4.12. The molecule has 80 valence electrons. The Morgan fingerprint density at radius 1 is 1.15 bits per heavy atom. The first-order valence-corrected chi connectivity index (χ1v) is 4.73. The Morgan fingerprint density at radius 3 is 2.00 bits per heavy atom. The van der Waals surface area contributed by atoms with Crippen LogP contribution in [0.4, 0.5) is 0 Å². The molecule has 0 spiro atoms. The molecule has 2 saturated heterocycles. The van der Waals surface area contributed by atoms with Crippen LogP contribution in [-0.2, 0) is 0 Å². The van der Waals surface area contributed by atoms with Gasteiger partial charge in [-0.1, -0.05) is 0 Å². The van der Waals surface area contributed by atoms with Gasteiger partial charge < -0.3 is 10.6 Å². The minimum absolute atomic E-state index is 0. The van der Waals surface area contributed by atoms with Gasteiger partial charge in [0.15, 0.2) is 0 Å². The molecule has 13 heavy (non-hydrogen) atoms. The van der Waals surface area contributed by atoms with E-state index in [0.717, 1.165) is 24.5 Å². The molecule has 0 aromatic heterocycles. The Hall–Kier alpha value is 0.500. The smallest absolute Gasteiger partial charge is 0.00988 e. The molecule has 2 rings (SSSR count). The van der Waals surface area contributed by atoms with Crippen LogP contribution in [0.3, 0.4) is 0 Å². The lowest BCUT2D eigenvalue weighted by molar-refractivity contribution is 0.137. The molecule has 4 heteroatoms. The van der Waals surface area contributed by atoms with Crippen molar-refractivity contribution < 1.29 is 0 Å². The molecule has 0 saturated carbocycles. The van der Waals surface area contributed by atoms with Crippen molar-refractivity contribution in [1.82, 2.24) is 4.90 Å². The van der Waals surface area contributed by atoms with Gasteiger partial charge in [0.2, 0.25) is 0 Å². The van der Waals surface area contributed by atoms with Gasteiger partial charge in [0, 0.05) is 12.1 Å². The van der Waals surface area contributed by atoms with E-state index in [-0.39, 0.29) is 24.8 Å². The fourth-order valence-corrected chi connectivity index (χ4v) is 2.72. The minimum Gasteiger partial charge on any atom is -0.330 e. The maximum absolute atomic E-state index is 5.68. The van der Waals surface area contributed by atoms with Crippen LogP contribution in [0.5, 0.6) is 0 Å². The van der Waals surface area contributed by atoms with Crippen molar-refractivity contribution in [3.8, 4) is 0 Å². The monoisotopic (exact) mass is 226 g/mol. The lowest BCUT2D eigenvalue weighted by atomic mass is 9.91. The molecule has 2 unspecified atom stereocenters. The third-order valence-corrected chi connectivity index (χ3v) is 3.53. The van der Waals surface area contributed by atoms with Crippen molar-refractivity contribution >= 4 is 24.8 Å². The average molecular weight is 227 g/mol. The second kappa shape index (κ2) is 5.40. The number of rotatable bonds is 1. The number of hydrogen-bond acceptors (Lipinski definition) is 2. The predicted octanol–water partition coefficient (Wildman–Crippen LogP) is 1.66. The summed E-state index contributed by atoms with van der Waals surface area (Å²) in [4.78, 5) is 2.56. The zero-order valence-electron chi connectivity index (χ0n) is 8.11. The van der Waals surface area contributed by atoms with Gasteiger partial charge in [-0.3, -0.25) is 0 Å². The van der Waals surface area contributed by atoms with E-state index in [4.69, 9.17) is 5.73 Å². The fourth-order valence-electron chi connectivity index (χ4n) is 2.72. The van der Waals surface area contributed by atoms with Crippen LogP contribution in [0.2, 0.25) is 0 Å². The summed E-state index contributed by atoms with van der Waals surface area (Å²) in [5, 5.41) is 0. The first-order chi connectivity index (χ1) is 5.31. The Labute approximate surface area is 93.1 Å². The van der Waals surface area contributed by atoms with Crippen molar-refractivity contribution in [2.45, 2.75) is 37.8 Å². The third kappa shape index (κ3) is 2.50. The third-order valence-electron chi connectivity index (χ3n) is 3.53. The van der Waals surface area contributed by atoms with Crippen molar-refractivity contribution in [2.24, 2.45) is 11.7 Å². The summed E-state index contributed by atoms with van der Waals surface area (Å²) in [5.74, 6) is 0.823. The summed E-state index contributed by atoms with van der Waals surface area (Å²) in [6.45, 7) is 0.904. The van der Waals surface area contributed by atoms with Crippen LogP contribution in [-0.4, -0.2) is 30.6 Å². The molecular weight excluding hydrogens is 207 g/mol. The van der Waals surface area contributed by atoms with E-state index in [1.54, 1.807) is 0 Å². The number of nitrogens with zero attached hydrogens (tertiary/aromatic N) is 1. The first-order valence-electron chi connectivity index (χ1n) is 4.73. The lowest BCUT2D eigenvalue weighted by Crippen LogP contribution is -2.41. The van der Waals surface area contributed by atoms with Crippen LogP contribution in [0, 0.1) is 5.92 Å². The zero-order chi connectivity index (χ0) is 7.84. The molecule has 2 N–H and O–H groups in total. The van der Waals surface area contributed by atoms with Crippen molar-refractivity contribution in [1.29, 1.82) is 0 Å². The summed E-state index contributed by atoms with van der Waals surface area (Å²) in [5.41, 5.74) is 5.68. The highest BCUT2D eigenvalue weighted by Crippen LogP contribution is 2.36.